The first-order valence-electron chi connectivity index (χ1n) is 7.50. The molecule has 3 N–H and O–H groups in total. The average Bonchev–Trinajstić information content (AvgIpc) is 2.56. The summed E-state index contributed by atoms with van der Waals surface area (Å²) in [6.45, 7) is 2.05. The highest BCUT2D eigenvalue weighted by molar-refractivity contribution is 6.31. The molecule has 2 aromatic carbocycles. The first kappa shape index (κ1) is 16.1. The number of nitrogens with two attached hydrogens (primary N) is 1. The Morgan fingerprint density at radius 2 is 1.79 bits per heavy atom. The molecule has 0 saturated heterocycles. The number of methoxy groups -OCH3 is 1. The molecule has 0 fully saturated rings. The molecule has 3 rings (SSSR count). The molecular weight excluding hydrogens is 322 g/mol. The summed E-state index contributed by atoms with van der Waals surface area (Å²) in [7, 11) is 1.62. The van der Waals surface area contributed by atoms with Crippen LogP contribution in [0, 0.1) is 6.92 Å². The minimum Gasteiger partial charge on any atom is -0.496 e. The fourth-order valence-electron chi connectivity index (χ4n) is 2.42. The number of pyridine rings is 1. The minimum atomic E-state index is 0.608. The highest BCUT2D eigenvalue weighted by atomic mass is 35.5. The molecule has 0 atom stereocenters. The van der Waals surface area contributed by atoms with Gasteiger partial charge < -0.3 is 15.8 Å². The molecule has 0 aliphatic rings. The lowest BCUT2D eigenvalue weighted by atomic mass is 10.1. The fourth-order valence-corrected chi connectivity index (χ4v) is 2.59. The number of anilines is 3. The van der Waals surface area contributed by atoms with Crippen molar-refractivity contribution in [2.24, 2.45) is 0 Å². The van der Waals surface area contributed by atoms with E-state index >= 15 is 0 Å². The van der Waals surface area contributed by atoms with E-state index in [1.54, 1.807) is 25.3 Å². The molecule has 0 amide bonds. The Hall–Kier alpha value is -2.72. The molecule has 3 aromatic rings. The van der Waals surface area contributed by atoms with Gasteiger partial charge in [0.25, 0.3) is 0 Å². The molecule has 0 aliphatic heterocycles. The summed E-state index contributed by atoms with van der Waals surface area (Å²) in [5.41, 5.74) is 10.3. The number of halogens is 1. The molecule has 0 unspecified atom stereocenters. The lowest BCUT2D eigenvalue weighted by Gasteiger charge is -2.12. The number of nitrogen functional groups attached to an aromatic ring is 1. The lowest BCUT2D eigenvalue weighted by molar-refractivity contribution is 0.416. The number of benzene rings is 2. The van der Waals surface area contributed by atoms with Crippen LogP contribution in [0.25, 0.3) is 11.3 Å². The van der Waals surface area contributed by atoms with Gasteiger partial charge in [0.1, 0.15) is 11.6 Å². The normalized spacial score (nSPS) is 10.5. The molecule has 1 heterocycles. The van der Waals surface area contributed by atoms with Crippen molar-refractivity contribution in [2.75, 3.05) is 18.2 Å². The zero-order chi connectivity index (χ0) is 17.1. The van der Waals surface area contributed by atoms with Crippen LogP contribution in [0.3, 0.4) is 0 Å². The molecule has 5 heteroatoms. The van der Waals surface area contributed by atoms with Crippen LogP contribution >= 0.6 is 11.6 Å². The van der Waals surface area contributed by atoms with Gasteiger partial charge in [0, 0.05) is 28.0 Å². The third kappa shape index (κ3) is 3.60. The van der Waals surface area contributed by atoms with E-state index in [0.717, 1.165) is 11.3 Å². The highest BCUT2D eigenvalue weighted by Gasteiger charge is 2.10. The first-order valence-corrected chi connectivity index (χ1v) is 7.88. The second-order valence-corrected chi connectivity index (χ2v) is 5.94. The van der Waals surface area contributed by atoms with E-state index in [-0.39, 0.29) is 0 Å². The quantitative estimate of drug-likeness (QED) is 0.698. The van der Waals surface area contributed by atoms with Crippen LogP contribution in [0.5, 0.6) is 5.75 Å². The van der Waals surface area contributed by atoms with Gasteiger partial charge in [-0.25, -0.2) is 4.98 Å². The summed E-state index contributed by atoms with van der Waals surface area (Å²) < 4.78 is 5.41. The molecule has 0 spiro atoms. The molecule has 0 bridgehead atoms. The van der Waals surface area contributed by atoms with Gasteiger partial charge in [0.15, 0.2) is 0 Å². The van der Waals surface area contributed by atoms with Crippen LogP contribution in [0.4, 0.5) is 17.2 Å². The molecular formula is C19H18ClN3O. The number of hydrogen-bond donors (Lipinski definition) is 2. The lowest BCUT2D eigenvalue weighted by Crippen LogP contribution is -1.99. The van der Waals surface area contributed by atoms with E-state index in [2.05, 4.69) is 10.3 Å². The number of aryl methyl sites for hydroxylation is 1. The SMILES string of the molecule is COc1ccc(Cl)cc1-c1cc(N)cc(Nc2ccc(C)cc2)n1. The molecule has 0 radical (unpaired) electrons. The van der Waals surface area contributed by atoms with Crippen LogP contribution in [0.2, 0.25) is 5.02 Å². The third-order valence-corrected chi connectivity index (χ3v) is 3.84. The molecule has 0 saturated carbocycles. The molecule has 24 heavy (non-hydrogen) atoms. The largest absolute Gasteiger partial charge is 0.496 e. The molecule has 4 nitrogen and oxygen atoms in total. The molecule has 0 aliphatic carbocycles. The maximum Gasteiger partial charge on any atom is 0.133 e. The van der Waals surface area contributed by atoms with Crippen molar-refractivity contribution in [2.45, 2.75) is 6.92 Å². The van der Waals surface area contributed by atoms with Crippen LogP contribution in [0.15, 0.2) is 54.6 Å². The zero-order valence-electron chi connectivity index (χ0n) is 13.5. The Morgan fingerprint density at radius 1 is 1.04 bits per heavy atom. The smallest absolute Gasteiger partial charge is 0.133 e. The highest BCUT2D eigenvalue weighted by Crippen LogP contribution is 2.33. The fraction of sp³-hybridized carbons (Fsp3) is 0.105. The van der Waals surface area contributed by atoms with Gasteiger partial charge in [0.05, 0.1) is 12.8 Å². The minimum absolute atomic E-state index is 0.608. The van der Waals surface area contributed by atoms with Crippen molar-refractivity contribution in [3.8, 4) is 17.0 Å². The summed E-state index contributed by atoms with van der Waals surface area (Å²) in [6, 6.07) is 17.1. The molecule has 1 aromatic heterocycles. The Morgan fingerprint density at radius 3 is 2.50 bits per heavy atom. The van der Waals surface area contributed by atoms with Crippen molar-refractivity contribution in [3.63, 3.8) is 0 Å². The predicted octanol–water partition coefficient (Wildman–Crippen LogP) is 5.04. The maximum absolute atomic E-state index is 6.12. The zero-order valence-corrected chi connectivity index (χ0v) is 14.3. The second kappa shape index (κ2) is 6.81. The third-order valence-electron chi connectivity index (χ3n) is 3.61. The van der Waals surface area contributed by atoms with Crippen molar-refractivity contribution in [1.82, 2.24) is 4.98 Å². The number of rotatable bonds is 4. The van der Waals surface area contributed by atoms with Crippen LogP contribution in [-0.4, -0.2) is 12.1 Å². The van der Waals surface area contributed by atoms with Gasteiger partial charge in [-0.2, -0.15) is 0 Å². The van der Waals surface area contributed by atoms with Crippen LogP contribution < -0.4 is 15.8 Å². The van der Waals surface area contributed by atoms with Crippen molar-refractivity contribution in [3.05, 3.63) is 65.2 Å². The summed E-state index contributed by atoms with van der Waals surface area (Å²) in [5.74, 6) is 1.36. The maximum atomic E-state index is 6.12. The van der Waals surface area contributed by atoms with Crippen LogP contribution in [0.1, 0.15) is 5.56 Å². The Balaban J connectivity index is 2.00. The van der Waals surface area contributed by atoms with E-state index in [4.69, 9.17) is 22.1 Å². The van der Waals surface area contributed by atoms with Gasteiger partial charge >= 0.3 is 0 Å². The van der Waals surface area contributed by atoms with Crippen LogP contribution in [-0.2, 0) is 0 Å². The van der Waals surface area contributed by atoms with Gasteiger partial charge in [-0.15, -0.1) is 0 Å². The van der Waals surface area contributed by atoms with Crippen molar-refractivity contribution < 1.29 is 4.74 Å². The summed E-state index contributed by atoms with van der Waals surface area (Å²) >= 11 is 6.12. The topological polar surface area (TPSA) is 60.2 Å². The Labute approximate surface area is 146 Å². The van der Waals surface area contributed by atoms with Gasteiger partial charge in [-0.3, -0.25) is 0 Å². The summed E-state index contributed by atoms with van der Waals surface area (Å²) in [5, 5.41) is 3.88. The predicted molar refractivity (Wildman–Crippen MR) is 100 cm³/mol. The van der Waals surface area contributed by atoms with Crippen molar-refractivity contribution in [1.29, 1.82) is 0 Å². The standard InChI is InChI=1S/C19H18ClN3O/c1-12-3-6-15(7-4-12)22-19-11-14(21)10-17(23-19)16-9-13(20)5-8-18(16)24-2/h3-11H,1-2H3,(H3,21,22,23). The van der Waals surface area contributed by atoms with E-state index in [1.807, 2.05) is 43.3 Å². The van der Waals surface area contributed by atoms with E-state index < -0.39 is 0 Å². The Kier molecular flexibility index (Phi) is 4.58. The summed E-state index contributed by atoms with van der Waals surface area (Å²) in [4.78, 5) is 4.64. The number of nitrogens with one attached hydrogen (secondary N) is 1. The number of ether oxygens (including phenoxy) is 1. The van der Waals surface area contributed by atoms with Gasteiger partial charge in [0.2, 0.25) is 0 Å². The molecule has 122 valence electrons. The number of hydrogen-bond acceptors (Lipinski definition) is 4. The average molecular weight is 340 g/mol. The second-order valence-electron chi connectivity index (χ2n) is 5.51. The van der Waals surface area contributed by atoms with Gasteiger partial charge in [-0.05, 0) is 43.3 Å². The Bertz CT molecular complexity index is 863. The monoisotopic (exact) mass is 339 g/mol. The van der Waals surface area contributed by atoms with E-state index in [1.165, 1.54) is 5.56 Å². The first-order chi connectivity index (χ1) is 11.5. The number of aromatic nitrogens is 1. The van der Waals surface area contributed by atoms with Gasteiger partial charge in [-0.1, -0.05) is 29.3 Å². The van der Waals surface area contributed by atoms with Crippen molar-refractivity contribution >= 4 is 28.8 Å². The number of nitrogens with zero attached hydrogens (tertiary/aromatic N) is 1. The summed E-state index contributed by atoms with van der Waals surface area (Å²) in [6.07, 6.45) is 0. The van der Waals surface area contributed by atoms with E-state index in [0.29, 0.717) is 28.0 Å². The van der Waals surface area contributed by atoms with E-state index in [9.17, 15) is 0 Å².